The van der Waals surface area contributed by atoms with Crippen molar-refractivity contribution in [3.8, 4) is 16.3 Å². The first-order valence-corrected chi connectivity index (χ1v) is 9.13. The molecule has 1 N–H and O–H groups in total. The maximum atomic E-state index is 9.52. The van der Waals surface area contributed by atoms with Crippen molar-refractivity contribution >= 4 is 22.7 Å². The molecule has 1 heterocycles. The number of hydrogen-bond acceptors (Lipinski definition) is 5. The highest BCUT2D eigenvalue weighted by molar-refractivity contribution is 7.13. The summed E-state index contributed by atoms with van der Waals surface area (Å²) >= 11 is 1.61. The van der Waals surface area contributed by atoms with Gasteiger partial charge in [-0.05, 0) is 51.8 Å². The van der Waals surface area contributed by atoms with Gasteiger partial charge in [-0.2, -0.15) is 0 Å². The minimum Gasteiger partial charge on any atom is -0.483 e. The first-order chi connectivity index (χ1) is 11.4. The molecule has 24 heavy (non-hydrogen) atoms. The first-order valence-electron chi connectivity index (χ1n) is 8.25. The zero-order chi connectivity index (χ0) is 17.7. The second-order valence-electron chi connectivity index (χ2n) is 6.54. The number of aromatic nitrogens is 1. The Morgan fingerprint density at radius 3 is 2.71 bits per heavy atom. The SMILES string of the molecule is CCC/C(C)=N\c1c(OC(C)(C)CO)ccc(-c2nccs2)c1C. The molecule has 0 amide bonds. The second kappa shape index (κ2) is 7.90. The Hall–Kier alpha value is -1.72. The van der Waals surface area contributed by atoms with Gasteiger partial charge in [0.05, 0.1) is 6.61 Å². The number of aliphatic hydroxyl groups is 1. The van der Waals surface area contributed by atoms with E-state index in [9.17, 15) is 5.11 Å². The molecule has 5 heteroatoms. The second-order valence-corrected chi connectivity index (χ2v) is 7.43. The Balaban J connectivity index is 2.55. The van der Waals surface area contributed by atoms with E-state index in [1.165, 1.54) is 0 Å². The number of aliphatic imine (C=N–C) groups is 1. The van der Waals surface area contributed by atoms with Gasteiger partial charge in [-0.15, -0.1) is 11.3 Å². The van der Waals surface area contributed by atoms with Gasteiger partial charge in [0, 0.05) is 22.9 Å². The van der Waals surface area contributed by atoms with Crippen LogP contribution in [0.5, 0.6) is 5.75 Å². The Morgan fingerprint density at radius 1 is 1.38 bits per heavy atom. The Morgan fingerprint density at radius 2 is 2.12 bits per heavy atom. The van der Waals surface area contributed by atoms with Crippen LogP contribution in [0.25, 0.3) is 10.6 Å². The van der Waals surface area contributed by atoms with Crippen molar-refractivity contribution in [1.29, 1.82) is 0 Å². The number of ether oxygens (including phenoxy) is 1. The quantitative estimate of drug-likeness (QED) is 0.704. The fourth-order valence-corrected chi connectivity index (χ4v) is 3.14. The topological polar surface area (TPSA) is 54.7 Å². The molecule has 2 rings (SSSR count). The lowest BCUT2D eigenvalue weighted by molar-refractivity contribution is 0.0417. The van der Waals surface area contributed by atoms with Gasteiger partial charge in [0.25, 0.3) is 0 Å². The number of rotatable bonds is 7. The molecule has 130 valence electrons. The first kappa shape index (κ1) is 18.6. The van der Waals surface area contributed by atoms with E-state index in [0.717, 1.165) is 40.4 Å². The van der Waals surface area contributed by atoms with Crippen LogP contribution in [0.4, 0.5) is 5.69 Å². The van der Waals surface area contributed by atoms with Crippen molar-refractivity contribution in [2.45, 2.75) is 53.1 Å². The monoisotopic (exact) mass is 346 g/mol. The Kier molecular flexibility index (Phi) is 6.13. The average Bonchev–Trinajstić information content (AvgIpc) is 3.05. The van der Waals surface area contributed by atoms with Crippen molar-refractivity contribution < 1.29 is 9.84 Å². The molecule has 0 spiro atoms. The predicted octanol–water partition coefficient (Wildman–Crippen LogP) is 5.16. The number of hydrogen-bond donors (Lipinski definition) is 1. The molecule has 0 unspecified atom stereocenters. The van der Waals surface area contributed by atoms with Crippen LogP contribution in [0.2, 0.25) is 0 Å². The average molecular weight is 346 g/mol. The molecule has 1 aromatic carbocycles. The zero-order valence-electron chi connectivity index (χ0n) is 15.1. The maximum Gasteiger partial charge on any atom is 0.146 e. The highest BCUT2D eigenvalue weighted by Crippen LogP contribution is 2.40. The molecule has 2 aromatic rings. The van der Waals surface area contributed by atoms with Crippen LogP contribution in [0.15, 0.2) is 28.7 Å². The summed E-state index contributed by atoms with van der Waals surface area (Å²) in [6.45, 7) is 9.90. The van der Waals surface area contributed by atoms with Gasteiger partial charge in [-0.1, -0.05) is 13.3 Å². The van der Waals surface area contributed by atoms with E-state index in [2.05, 4.69) is 11.9 Å². The van der Waals surface area contributed by atoms with Crippen molar-refractivity contribution in [3.63, 3.8) is 0 Å². The lowest BCUT2D eigenvalue weighted by Gasteiger charge is -2.26. The van der Waals surface area contributed by atoms with Crippen LogP contribution in [-0.2, 0) is 0 Å². The standard InChI is InChI=1S/C19H26N2O2S/c1-6-7-13(2)21-17-14(3)15(18-20-10-11-24-18)8-9-16(17)23-19(4,5)12-22/h8-11,22H,6-7,12H2,1-5H3/b21-13-. The molecule has 0 aliphatic carbocycles. The molecule has 0 saturated heterocycles. The maximum absolute atomic E-state index is 9.52. The van der Waals surface area contributed by atoms with Gasteiger partial charge >= 0.3 is 0 Å². The minimum absolute atomic E-state index is 0.0582. The fraction of sp³-hybridized carbons (Fsp3) is 0.474. The van der Waals surface area contributed by atoms with E-state index in [0.29, 0.717) is 5.75 Å². The van der Waals surface area contributed by atoms with E-state index in [1.54, 1.807) is 11.3 Å². The van der Waals surface area contributed by atoms with Gasteiger partial charge in [0.1, 0.15) is 22.0 Å². The van der Waals surface area contributed by atoms with Crippen molar-refractivity contribution in [2.75, 3.05) is 6.61 Å². The Bertz CT molecular complexity index is 706. The third kappa shape index (κ3) is 4.42. The summed E-state index contributed by atoms with van der Waals surface area (Å²) in [6.07, 6.45) is 3.81. The zero-order valence-corrected chi connectivity index (χ0v) is 15.9. The van der Waals surface area contributed by atoms with Gasteiger partial charge in [0.15, 0.2) is 0 Å². The van der Waals surface area contributed by atoms with Crippen LogP contribution < -0.4 is 4.74 Å². The molecule has 0 saturated carbocycles. The smallest absolute Gasteiger partial charge is 0.146 e. The van der Waals surface area contributed by atoms with E-state index in [4.69, 9.17) is 9.73 Å². The van der Waals surface area contributed by atoms with Crippen LogP contribution in [0, 0.1) is 6.92 Å². The lowest BCUT2D eigenvalue weighted by atomic mass is 10.1. The van der Waals surface area contributed by atoms with Gasteiger partial charge in [-0.3, -0.25) is 4.99 Å². The van der Waals surface area contributed by atoms with Crippen molar-refractivity contribution in [3.05, 3.63) is 29.3 Å². The van der Waals surface area contributed by atoms with E-state index in [-0.39, 0.29) is 6.61 Å². The van der Waals surface area contributed by atoms with Gasteiger partial charge in [0.2, 0.25) is 0 Å². The number of aliphatic hydroxyl groups excluding tert-OH is 1. The van der Waals surface area contributed by atoms with Crippen LogP contribution in [0.1, 0.15) is 46.1 Å². The van der Waals surface area contributed by atoms with E-state index >= 15 is 0 Å². The molecular formula is C19H26N2O2S. The summed E-state index contributed by atoms with van der Waals surface area (Å²) in [5.41, 5.74) is 3.37. The summed E-state index contributed by atoms with van der Waals surface area (Å²) in [5.74, 6) is 0.697. The van der Waals surface area contributed by atoms with E-state index < -0.39 is 5.60 Å². The highest BCUT2D eigenvalue weighted by Gasteiger charge is 2.22. The Labute approximate surface area is 148 Å². The molecule has 0 fully saturated rings. The van der Waals surface area contributed by atoms with Crippen molar-refractivity contribution in [1.82, 2.24) is 4.98 Å². The van der Waals surface area contributed by atoms with Crippen molar-refractivity contribution in [2.24, 2.45) is 4.99 Å². The third-order valence-corrected chi connectivity index (χ3v) is 4.54. The molecular weight excluding hydrogens is 320 g/mol. The molecule has 4 nitrogen and oxygen atoms in total. The predicted molar refractivity (Wildman–Crippen MR) is 102 cm³/mol. The molecule has 0 aliphatic rings. The number of thiazole rings is 1. The summed E-state index contributed by atoms with van der Waals surface area (Å²) in [5, 5.41) is 12.5. The number of benzene rings is 1. The fourth-order valence-electron chi connectivity index (χ4n) is 2.42. The minimum atomic E-state index is -0.655. The summed E-state index contributed by atoms with van der Waals surface area (Å²) in [6, 6.07) is 3.95. The van der Waals surface area contributed by atoms with Gasteiger partial charge < -0.3 is 9.84 Å². The van der Waals surface area contributed by atoms with Crippen LogP contribution >= 0.6 is 11.3 Å². The molecule has 1 aromatic heterocycles. The van der Waals surface area contributed by atoms with Crippen LogP contribution in [-0.4, -0.2) is 28.0 Å². The number of nitrogens with zero attached hydrogens (tertiary/aromatic N) is 2. The van der Waals surface area contributed by atoms with E-state index in [1.807, 2.05) is 51.4 Å². The summed E-state index contributed by atoms with van der Waals surface area (Å²) in [7, 11) is 0. The van der Waals surface area contributed by atoms with Crippen LogP contribution in [0.3, 0.4) is 0 Å². The lowest BCUT2D eigenvalue weighted by Crippen LogP contribution is -2.32. The molecule has 0 bridgehead atoms. The third-order valence-electron chi connectivity index (χ3n) is 3.74. The molecule has 0 atom stereocenters. The molecule has 0 aliphatic heterocycles. The summed E-state index contributed by atoms with van der Waals surface area (Å²) < 4.78 is 6.04. The largest absolute Gasteiger partial charge is 0.483 e. The molecule has 0 radical (unpaired) electrons. The summed E-state index contributed by atoms with van der Waals surface area (Å²) in [4.78, 5) is 9.24. The highest BCUT2D eigenvalue weighted by atomic mass is 32.1. The normalized spacial score (nSPS) is 12.5. The van der Waals surface area contributed by atoms with Gasteiger partial charge in [-0.25, -0.2) is 4.98 Å².